The Kier molecular flexibility index (Phi) is 7.72. The van der Waals surface area contributed by atoms with Crippen molar-refractivity contribution < 1.29 is 5.11 Å². The molecule has 1 aromatic carbocycles. The number of likely N-dealkylation sites (tertiary alicyclic amines) is 1. The molecule has 1 saturated heterocycles. The van der Waals surface area contributed by atoms with Gasteiger partial charge in [0.05, 0.1) is 6.54 Å². The van der Waals surface area contributed by atoms with Crippen molar-refractivity contribution in [3.63, 3.8) is 0 Å². The summed E-state index contributed by atoms with van der Waals surface area (Å²) >= 11 is 0. The third-order valence-electron chi connectivity index (χ3n) is 4.75. The van der Waals surface area contributed by atoms with E-state index in [2.05, 4.69) is 34.4 Å². The number of rotatable bonds is 7. The minimum atomic E-state index is -0.966. The monoisotopic (exact) mass is 346 g/mol. The predicted octanol–water partition coefficient (Wildman–Crippen LogP) is 2.18. The van der Waals surface area contributed by atoms with E-state index in [0.717, 1.165) is 37.1 Å². The van der Waals surface area contributed by atoms with Crippen molar-refractivity contribution in [1.82, 2.24) is 15.5 Å². The molecule has 5 nitrogen and oxygen atoms in total. The number of benzene rings is 1. The zero-order chi connectivity index (χ0) is 18.1. The largest absolute Gasteiger partial charge is 0.384 e. The molecule has 1 aliphatic heterocycles. The number of hydrogen-bond donors (Lipinski definition) is 3. The molecular weight excluding hydrogens is 312 g/mol. The summed E-state index contributed by atoms with van der Waals surface area (Å²) in [6.07, 6.45) is 2.65. The van der Waals surface area contributed by atoms with Crippen LogP contribution in [0, 0.1) is 5.92 Å². The molecule has 0 spiro atoms. The Hall–Kier alpha value is -1.59. The van der Waals surface area contributed by atoms with Crippen LogP contribution in [0.25, 0.3) is 0 Å². The maximum absolute atomic E-state index is 10.7. The van der Waals surface area contributed by atoms with Gasteiger partial charge in [-0.3, -0.25) is 0 Å². The van der Waals surface area contributed by atoms with Gasteiger partial charge in [0.1, 0.15) is 5.60 Å². The van der Waals surface area contributed by atoms with E-state index < -0.39 is 5.60 Å². The minimum Gasteiger partial charge on any atom is -0.384 e. The Balaban J connectivity index is 1.85. The number of aliphatic imine (C=N–C) groups is 1. The molecule has 0 amide bonds. The molecule has 0 aromatic heterocycles. The lowest BCUT2D eigenvalue weighted by Crippen LogP contribution is -2.44. The van der Waals surface area contributed by atoms with Crippen molar-refractivity contribution in [3.8, 4) is 0 Å². The molecule has 5 heteroatoms. The fourth-order valence-corrected chi connectivity index (χ4v) is 3.29. The van der Waals surface area contributed by atoms with Crippen LogP contribution in [0.5, 0.6) is 0 Å². The first-order chi connectivity index (χ1) is 12.0. The van der Waals surface area contributed by atoms with Gasteiger partial charge in [0, 0.05) is 26.2 Å². The third kappa shape index (κ3) is 6.67. The summed E-state index contributed by atoms with van der Waals surface area (Å²) in [5, 5.41) is 17.3. The Labute approximate surface area is 152 Å². The van der Waals surface area contributed by atoms with Gasteiger partial charge < -0.3 is 20.6 Å². The van der Waals surface area contributed by atoms with Gasteiger partial charge in [0.15, 0.2) is 5.96 Å². The molecule has 2 atom stereocenters. The molecule has 2 rings (SSSR count). The topological polar surface area (TPSA) is 59.9 Å². The summed E-state index contributed by atoms with van der Waals surface area (Å²) in [5.41, 5.74) is -0.0803. The van der Waals surface area contributed by atoms with Crippen LogP contribution < -0.4 is 10.6 Å². The van der Waals surface area contributed by atoms with Crippen LogP contribution in [0.15, 0.2) is 35.3 Å². The van der Waals surface area contributed by atoms with E-state index in [9.17, 15) is 5.11 Å². The molecule has 0 radical (unpaired) electrons. The summed E-state index contributed by atoms with van der Waals surface area (Å²) in [6, 6.07) is 9.71. The summed E-state index contributed by atoms with van der Waals surface area (Å²) < 4.78 is 0. The van der Waals surface area contributed by atoms with E-state index in [4.69, 9.17) is 0 Å². The third-order valence-corrected chi connectivity index (χ3v) is 4.75. The van der Waals surface area contributed by atoms with Crippen LogP contribution in [-0.4, -0.2) is 55.2 Å². The Morgan fingerprint density at radius 3 is 2.76 bits per heavy atom. The second-order valence-electron chi connectivity index (χ2n) is 7.31. The Bertz CT molecular complexity index is 530. The van der Waals surface area contributed by atoms with E-state index in [-0.39, 0.29) is 0 Å². The van der Waals surface area contributed by atoms with E-state index >= 15 is 0 Å². The second kappa shape index (κ2) is 9.78. The predicted molar refractivity (Wildman–Crippen MR) is 105 cm³/mol. The number of nitrogens with one attached hydrogen (secondary N) is 2. The summed E-state index contributed by atoms with van der Waals surface area (Å²) in [4.78, 5) is 7.10. The maximum Gasteiger partial charge on any atom is 0.191 e. The molecular formula is C20H34N4O. The van der Waals surface area contributed by atoms with Crippen molar-refractivity contribution in [2.24, 2.45) is 10.9 Å². The lowest BCUT2D eigenvalue weighted by molar-refractivity contribution is 0.0672. The lowest BCUT2D eigenvalue weighted by Gasteiger charge is -2.31. The van der Waals surface area contributed by atoms with Crippen molar-refractivity contribution in [2.75, 3.05) is 39.3 Å². The zero-order valence-corrected chi connectivity index (χ0v) is 16.0. The van der Waals surface area contributed by atoms with Crippen LogP contribution in [0.4, 0.5) is 0 Å². The molecule has 0 aliphatic carbocycles. The summed E-state index contributed by atoms with van der Waals surface area (Å²) in [7, 11) is 0. The van der Waals surface area contributed by atoms with Gasteiger partial charge in [0.2, 0.25) is 0 Å². The Morgan fingerprint density at radius 2 is 2.08 bits per heavy atom. The molecule has 1 heterocycles. The van der Waals surface area contributed by atoms with Gasteiger partial charge in [0.25, 0.3) is 0 Å². The molecule has 25 heavy (non-hydrogen) atoms. The molecule has 0 saturated carbocycles. The molecule has 1 aromatic rings. The Morgan fingerprint density at radius 1 is 1.32 bits per heavy atom. The first-order valence-corrected chi connectivity index (χ1v) is 9.53. The maximum atomic E-state index is 10.7. The van der Waals surface area contributed by atoms with Gasteiger partial charge in [-0.25, -0.2) is 4.99 Å². The summed E-state index contributed by atoms with van der Waals surface area (Å²) in [5.74, 6) is 1.57. The highest BCUT2D eigenvalue weighted by Gasteiger charge is 2.22. The fourth-order valence-electron chi connectivity index (χ4n) is 3.29. The first kappa shape index (κ1) is 19.7. The van der Waals surface area contributed by atoms with E-state index in [1.807, 2.05) is 37.3 Å². The van der Waals surface area contributed by atoms with Crippen molar-refractivity contribution >= 4 is 5.96 Å². The van der Waals surface area contributed by atoms with E-state index in [1.165, 1.54) is 25.9 Å². The number of aliphatic hydroxyl groups is 1. The smallest absolute Gasteiger partial charge is 0.191 e. The van der Waals surface area contributed by atoms with Crippen LogP contribution in [0.2, 0.25) is 0 Å². The van der Waals surface area contributed by atoms with Crippen LogP contribution in [0.1, 0.15) is 39.2 Å². The number of guanidine groups is 1. The van der Waals surface area contributed by atoms with Crippen molar-refractivity contribution in [2.45, 2.75) is 39.2 Å². The molecule has 1 aliphatic rings. The average Bonchev–Trinajstić information content (AvgIpc) is 2.60. The molecule has 0 bridgehead atoms. The average molecular weight is 347 g/mol. The van der Waals surface area contributed by atoms with Crippen molar-refractivity contribution in [3.05, 3.63) is 35.9 Å². The van der Waals surface area contributed by atoms with Gasteiger partial charge in [-0.2, -0.15) is 0 Å². The van der Waals surface area contributed by atoms with Crippen LogP contribution >= 0.6 is 0 Å². The summed E-state index contributed by atoms with van der Waals surface area (Å²) in [6.45, 7) is 11.6. The SMILES string of the molecule is CCNC(=NCC(C)(O)c1ccccc1)NCCN1CCCC(C)C1. The molecule has 3 N–H and O–H groups in total. The van der Waals surface area contributed by atoms with Gasteiger partial charge >= 0.3 is 0 Å². The zero-order valence-electron chi connectivity index (χ0n) is 16.0. The highest BCUT2D eigenvalue weighted by Crippen LogP contribution is 2.20. The number of hydrogen-bond acceptors (Lipinski definition) is 3. The highest BCUT2D eigenvalue weighted by atomic mass is 16.3. The highest BCUT2D eigenvalue weighted by molar-refractivity contribution is 5.79. The number of nitrogens with zero attached hydrogens (tertiary/aromatic N) is 2. The molecule has 2 unspecified atom stereocenters. The first-order valence-electron chi connectivity index (χ1n) is 9.53. The standard InChI is InChI=1S/C20H34N4O/c1-4-21-19(22-12-14-24-13-8-9-17(2)15-24)23-16-20(3,25)18-10-6-5-7-11-18/h5-7,10-11,17,25H,4,8-9,12-16H2,1-3H3,(H2,21,22,23). The van der Waals surface area contributed by atoms with Gasteiger partial charge in [-0.1, -0.05) is 37.3 Å². The number of piperidine rings is 1. The van der Waals surface area contributed by atoms with E-state index in [0.29, 0.717) is 6.54 Å². The second-order valence-corrected chi connectivity index (χ2v) is 7.31. The van der Waals surface area contributed by atoms with Crippen LogP contribution in [0.3, 0.4) is 0 Å². The molecule has 1 fully saturated rings. The fraction of sp³-hybridized carbons (Fsp3) is 0.650. The van der Waals surface area contributed by atoms with E-state index in [1.54, 1.807) is 0 Å². The van der Waals surface area contributed by atoms with Gasteiger partial charge in [-0.15, -0.1) is 0 Å². The van der Waals surface area contributed by atoms with Crippen LogP contribution in [-0.2, 0) is 5.60 Å². The minimum absolute atomic E-state index is 0.326. The van der Waals surface area contributed by atoms with Crippen molar-refractivity contribution in [1.29, 1.82) is 0 Å². The molecule has 140 valence electrons. The van der Waals surface area contributed by atoms with Gasteiger partial charge in [-0.05, 0) is 44.7 Å². The normalized spacial score (nSPS) is 21.6. The quantitative estimate of drug-likeness (QED) is 0.523. The lowest BCUT2D eigenvalue weighted by atomic mass is 9.96.